The molecule has 7 heteroatoms. The van der Waals surface area contributed by atoms with Crippen molar-refractivity contribution in [3.8, 4) is 0 Å². The van der Waals surface area contributed by atoms with E-state index >= 15 is 0 Å². The number of nitrogens with zero attached hydrogens (tertiary/aromatic N) is 1. The molecule has 0 aliphatic heterocycles. The molecule has 2 N–H and O–H groups in total. The topological polar surface area (TPSA) is 56.0 Å². The fourth-order valence-corrected chi connectivity index (χ4v) is 2.06. The summed E-state index contributed by atoms with van der Waals surface area (Å²) in [5, 5.41) is 5.03. The molecule has 0 aromatic carbocycles. The van der Waals surface area contributed by atoms with E-state index in [0.29, 0.717) is 12.1 Å². The van der Waals surface area contributed by atoms with Crippen molar-refractivity contribution in [2.45, 2.75) is 37.6 Å². The molecule has 0 amide bonds. The van der Waals surface area contributed by atoms with Crippen molar-refractivity contribution in [2.24, 2.45) is 5.14 Å². The van der Waals surface area contributed by atoms with Crippen LogP contribution in [0.1, 0.15) is 37.4 Å². The third-order valence-corrected chi connectivity index (χ3v) is 3.69. The molecule has 102 valence electrons. The highest BCUT2D eigenvalue weighted by molar-refractivity contribution is 7.83. The van der Waals surface area contributed by atoms with Crippen molar-refractivity contribution in [1.29, 1.82) is 0 Å². The minimum atomic E-state index is -4.37. The Bertz CT molecular complexity index is 419. The van der Waals surface area contributed by atoms with Gasteiger partial charge in [-0.05, 0) is 31.4 Å². The molecule has 0 saturated carbocycles. The molecule has 0 aliphatic carbocycles. The van der Waals surface area contributed by atoms with Gasteiger partial charge in [-0.2, -0.15) is 13.2 Å². The van der Waals surface area contributed by atoms with Crippen molar-refractivity contribution in [3.63, 3.8) is 0 Å². The summed E-state index contributed by atoms with van der Waals surface area (Å²) in [6.07, 6.45) is -3.04. The number of hydrogen-bond donors (Lipinski definition) is 1. The molecular formula is C11H15F3N2OS. The van der Waals surface area contributed by atoms with Crippen LogP contribution in [0.4, 0.5) is 13.2 Å². The fourth-order valence-electron chi connectivity index (χ4n) is 1.58. The molecule has 1 aromatic rings. The first-order chi connectivity index (χ1) is 8.21. The molecule has 1 aromatic heterocycles. The third kappa shape index (κ3) is 4.06. The van der Waals surface area contributed by atoms with Gasteiger partial charge in [0.25, 0.3) is 0 Å². The Morgan fingerprint density at radius 2 is 2.00 bits per heavy atom. The third-order valence-electron chi connectivity index (χ3n) is 2.70. The minimum absolute atomic E-state index is 0.0882. The van der Waals surface area contributed by atoms with E-state index in [1.807, 2.05) is 6.92 Å². The zero-order valence-electron chi connectivity index (χ0n) is 10.1. The Morgan fingerprint density at radius 1 is 1.39 bits per heavy atom. The van der Waals surface area contributed by atoms with Crippen LogP contribution in [0.15, 0.2) is 18.3 Å². The van der Waals surface area contributed by atoms with Gasteiger partial charge in [0.05, 0.1) is 16.5 Å². The SMILES string of the molecule is CC(C[C@H](C)c1ccc(C(F)(F)F)cn1)S(N)=O. The summed E-state index contributed by atoms with van der Waals surface area (Å²) in [4.78, 5) is 3.80. The maximum atomic E-state index is 12.3. The number of nitrogens with two attached hydrogens (primary N) is 1. The van der Waals surface area contributed by atoms with Crippen LogP contribution in [0.5, 0.6) is 0 Å². The van der Waals surface area contributed by atoms with Crippen molar-refractivity contribution < 1.29 is 17.4 Å². The average molecular weight is 280 g/mol. The molecule has 3 nitrogen and oxygen atoms in total. The van der Waals surface area contributed by atoms with Crippen LogP contribution in [0.3, 0.4) is 0 Å². The van der Waals surface area contributed by atoms with Crippen LogP contribution in [0, 0.1) is 0 Å². The number of hydrogen-bond acceptors (Lipinski definition) is 2. The van der Waals surface area contributed by atoms with Crippen molar-refractivity contribution in [3.05, 3.63) is 29.6 Å². The monoisotopic (exact) mass is 280 g/mol. The number of halogens is 3. The van der Waals surface area contributed by atoms with Gasteiger partial charge in [-0.25, -0.2) is 4.21 Å². The van der Waals surface area contributed by atoms with Crippen LogP contribution in [0.25, 0.3) is 0 Å². The second-order valence-corrected chi connectivity index (χ2v) is 5.71. The van der Waals surface area contributed by atoms with Crippen LogP contribution in [-0.2, 0) is 17.2 Å². The highest BCUT2D eigenvalue weighted by Gasteiger charge is 2.30. The van der Waals surface area contributed by atoms with Gasteiger partial charge in [0.2, 0.25) is 0 Å². The molecule has 1 heterocycles. The van der Waals surface area contributed by atoms with Crippen LogP contribution in [-0.4, -0.2) is 14.4 Å². The standard InChI is InChI=1S/C11H15F3N2OS/c1-7(5-8(2)18(15)17)10-4-3-9(6-16-10)11(12,13)14/h3-4,6-8H,5,15H2,1-2H3/t7-,8?,18?/m0/s1. The lowest BCUT2D eigenvalue weighted by atomic mass is 10.0. The first-order valence-electron chi connectivity index (χ1n) is 5.40. The molecule has 0 aliphatic rings. The molecule has 0 saturated heterocycles. The van der Waals surface area contributed by atoms with Gasteiger partial charge >= 0.3 is 6.18 Å². The maximum Gasteiger partial charge on any atom is 0.417 e. The maximum absolute atomic E-state index is 12.3. The highest BCUT2D eigenvalue weighted by atomic mass is 32.2. The van der Waals surface area contributed by atoms with Crippen LogP contribution >= 0.6 is 0 Å². The van der Waals surface area contributed by atoms with E-state index in [9.17, 15) is 17.4 Å². The normalized spacial score (nSPS) is 17.2. The smallest absolute Gasteiger partial charge is 0.260 e. The number of aromatic nitrogens is 1. The molecule has 0 bridgehead atoms. The fraction of sp³-hybridized carbons (Fsp3) is 0.545. The Hall–Kier alpha value is -0.950. The summed E-state index contributed by atoms with van der Waals surface area (Å²) in [7, 11) is -1.43. The Labute approximate surface area is 106 Å². The average Bonchev–Trinajstić information content (AvgIpc) is 2.27. The Morgan fingerprint density at radius 3 is 2.39 bits per heavy atom. The first kappa shape index (κ1) is 15.1. The van der Waals surface area contributed by atoms with E-state index in [2.05, 4.69) is 4.98 Å². The highest BCUT2D eigenvalue weighted by Crippen LogP contribution is 2.29. The summed E-state index contributed by atoms with van der Waals surface area (Å²) in [5.41, 5.74) is -0.228. The molecule has 0 spiro atoms. The lowest BCUT2D eigenvalue weighted by Gasteiger charge is -2.15. The Kier molecular flexibility index (Phi) is 4.86. The number of pyridine rings is 1. The van der Waals surface area contributed by atoms with Crippen LogP contribution < -0.4 is 5.14 Å². The second-order valence-electron chi connectivity index (χ2n) is 4.25. The molecule has 0 fully saturated rings. The molecule has 0 radical (unpaired) electrons. The van der Waals surface area contributed by atoms with Crippen LogP contribution in [0.2, 0.25) is 0 Å². The molecule has 2 unspecified atom stereocenters. The van der Waals surface area contributed by atoms with E-state index in [1.165, 1.54) is 6.07 Å². The number of alkyl halides is 3. The lowest BCUT2D eigenvalue weighted by Crippen LogP contribution is -2.20. The van der Waals surface area contributed by atoms with E-state index in [4.69, 9.17) is 5.14 Å². The zero-order valence-corrected chi connectivity index (χ0v) is 10.9. The van der Waals surface area contributed by atoms with Gasteiger partial charge in [-0.3, -0.25) is 10.1 Å². The summed E-state index contributed by atoms with van der Waals surface area (Å²) in [5.74, 6) is -0.0882. The summed E-state index contributed by atoms with van der Waals surface area (Å²) < 4.78 is 48.0. The Balaban J connectivity index is 2.76. The van der Waals surface area contributed by atoms with E-state index in [0.717, 1.165) is 12.3 Å². The quantitative estimate of drug-likeness (QED) is 0.921. The van der Waals surface area contributed by atoms with Gasteiger partial charge in [-0.1, -0.05) is 6.92 Å². The minimum Gasteiger partial charge on any atom is -0.260 e. The van der Waals surface area contributed by atoms with E-state index < -0.39 is 22.7 Å². The van der Waals surface area contributed by atoms with Gasteiger partial charge in [0.1, 0.15) is 0 Å². The summed E-state index contributed by atoms with van der Waals surface area (Å²) in [6.45, 7) is 3.55. The first-order valence-corrected chi connectivity index (χ1v) is 6.67. The summed E-state index contributed by atoms with van der Waals surface area (Å²) >= 11 is 0. The van der Waals surface area contributed by atoms with Crippen molar-refractivity contribution in [2.75, 3.05) is 0 Å². The molecule has 3 atom stereocenters. The largest absolute Gasteiger partial charge is 0.417 e. The van der Waals surface area contributed by atoms with E-state index in [1.54, 1.807) is 6.92 Å². The van der Waals surface area contributed by atoms with Crippen molar-refractivity contribution in [1.82, 2.24) is 4.98 Å². The lowest BCUT2D eigenvalue weighted by molar-refractivity contribution is -0.137. The second kappa shape index (κ2) is 5.79. The van der Waals surface area contributed by atoms with Gasteiger partial charge in [-0.15, -0.1) is 0 Å². The predicted octanol–water partition coefficient (Wildman–Crippen LogP) is 2.60. The van der Waals surface area contributed by atoms with Gasteiger partial charge in [0, 0.05) is 17.1 Å². The molecular weight excluding hydrogens is 265 g/mol. The number of rotatable bonds is 4. The molecule has 18 heavy (non-hydrogen) atoms. The summed E-state index contributed by atoms with van der Waals surface area (Å²) in [6, 6.07) is 2.35. The van der Waals surface area contributed by atoms with Gasteiger partial charge in [0.15, 0.2) is 0 Å². The zero-order chi connectivity index (χ0) is 13.9. The van der Waals surface area contributed by atoms with E-state index in [-0.39, 0.29) is 11.2 Å². The molecule has 1 rings (SSSR count). The van der Waals surface area contributed by atoms with Crippen molar-refractivity contribution >= 4 is 11.0 Å². The van der Waals surface area contributed by atoms with Gasteiger partial charge < -0.3 is 0 Å². The predicted molar refractivity (Wildman–Crippen MR) is 64.1 cm³/mol.